The normalized spacial score (nSPS) is 11.7. The summed E-state index contributed by atoms with van der Waals surface area (Å²) in [6.45, 7) is 5.44. The van der Waals surface area contributed by atoms with E-state index >= 15 is 0 Å². The maximum Gasteiger partial charge on any atom is 0.352 e. The Labute approximate surface area is 179 Å². The van der Waals surface area contributed by atoms with E-state index < -0.39 is 23.7 Å². The summed E-state index contributed by atoms with van der Waals surface area (Å²) in [6, 6.07) is 12.5. The largest absolute Gasteiger partial charge is 0.474 e. The van der Waals surface area contributed by atoms with Gasteiger partial charge in [0.1, 0.15) is 11.3 Å². The van der Waals surface area contributed by atoms with Gasteiger partial charge in [0.2, 0.25) is 6.10 Å². The van der Waals surface area contributed by atoms with Crippen LogP contribution in [0.1, 0.15) is 35.3 Å². The molecule has 0 saturated carbocycles. The Balaban J connectivity index is 2.05. The second-order valence-corrected chi connectivity index (χ2v) is 6.97. The first-order chi connectivity index (χ1) is 14.9. The predicted molar refractivity (Wildman–Crippen MR) is 114 cm³/mol. The molecule has 1 heterocycles. The van der Waals surface area contributed by atoms with Crippen LogP contribution in [0.25, 0.3) is 11.0 Å². The van der Waals surface area contributed by atoms with Crippen LogP contribution in [-0.2, 0) is 25.5 Å². The summed E-state index contributed by atoms with van der Waals surface area (Å²) < 4.78 is 21.4. The van der Waals surface area contributed by atoms with Crippen LogP contribution in [0.3, 0.4) is 0 Å². The number of fused-ring (bicyclic) bond motifs is 1. The second-order valence-electron chi connectivity index (χ2n) is 6.97. The average molecular weight is 424 g/mol. The number of hydrogen-bond acceptors (Lipinski definition) is 7. The van der Waals surface area contributed by atoms with Crippen LogP contribution in [0.4, 0.5) is 0 Å². The summed E-state index contributed by atoms with van der Waals surface area (Å²) in [5.74, 6) is -0.650. The third-order valence-electron chi connectivity index (χ3n) is 5.05. The van der Waals surface area contributed by atoms with E-state index in [4.69, 9.17) is 13.9 Å². The molecule has 31 heavy (non-hydrogen) atoms. The van der Waals surface area contributed by atoms with Gasteiger partial charge in [0, 0.05) is 16.5 Å². The lowest BCUT2D eigenvalue weighted by Gasteiger charge is -2.20. The summed E-state index contributed by atoms with van der Waals surface area (Å²) in [5.41, 5.74) is 1.82. The van der Waals surface area contributed by atoms with Crippen molar-refractivity contribution in [1.82, 2.24) is 0 Å². The first kappa shape index (κ1) is 22.1. The smallest absolute Gasteiger partial charge is 0.352 e. The molecule has 0 N–H and O–H groups in total. The molecule has 3 aromatic rings. The van der Waals surface area contributed by atoms with E-state index in [0.29, 0.717) is 33.4 Å². The van der Waals surface area contributed by atoms with Crippen molar-refractivity contribution >= 4 is 22.9 Å². The van der Waals surface area contributed by atoms with E-state index in [0.717, 1.165) is 0 Å². The van der Waals surface area contributed by atoms with Crippen molar-refractivity contribution in [3.8, 4) is 5.75 Å². The molecular weight excluding hydrogens is 400 g/mol. The molecule has 0 amide bonds. The van der Waals surface area contributed by atoms with Gasteiger partial charge in [-0.25, -0.2) is 9.59 Å². The number of aryl methyl sites for hydroxylation is 2. The zero-order valence-corrected chi connectivity index (χ0v) is 17.9. The third kappa shape index (κ3) is 4.60. The van der Waals surface area contributed by atoms with Crippen LogP contribution in [0.15, 0.2) is 51.7 Å². The lowest BCUT2D eigenvalue weighted by atomic mass is 10.0. The highest BCUT2D eigenvalue weighted by Crippen LogP contribution is 2.32. The minimum absolute atomic E-state index is 0.170. The van der Waals surface area contributed by atoms with E-state index in [1.807, 2.05) is 18.2 Å². The summed E-state index contributed by atoms with van der Waals surface area (Å²) in [4.78, 5) is 36.7. The van der Waals surface area contributed by atoms with Gasteiger partial charge in [0.25, 0.3) is 0 Å². The Hall–Kier alpha value is -3.61. The van der Waals surface area contributed by atoms with Gasteiger partial charge in [0.05, 0.1) is 25.7 Å². The van der Waals surface area contributed by atoms with Crippen molar-refractivity contribution in [2.45, 2.75) is 33.3 Å². The molecule has 0 aliphatic rings. The van der Waals surface area contributed by atoms with Crippen LogP contribution < -0.4 is 10.4 Å². The molecule has 0 aliphatic carbocycles. The van der Waals surface area contributed by atoms with Gasteiger partial charge in [-0.15, -0.1) is 0 Å². The number of carbonyl (C=O) groups excluding carboxylic acids is 2. The SMILES string of the molecule is CCOC(=O)[C@H](Oc1ccc2c(C)c(CC(=O)OC)c(=O)oc2c1C)c1ccccc1. The molecule has 0 unspecified atom stereocenters. The summed E-state index contributed by atoms with van der Waals surface area (Å²) in [7, 11) is 1.26. The molecule has 2 aromatic carbocycles. The predicted octanol–water partition coefficient (Wildman–Crippen LogP) is 3.81. The number of ether oxygens (including phenoxy) is 3. The maximum atomic E-state index is 12.5. The Morgan fingerprint density at radius 3 is 2.39 bits per heavy atom. The van der Waals surface area contributed by atoms with Gasteiger partial charge in [0.15, 0.2) is 0 Å². The van der Waals surface area contributed by atoms with Gasteiger partial charge in [-0.2, -0.15) is 0 Å². The number of benzene rings is 2. The Bertz CT molecular complexity index is 1160. The highest BCUT2D eigenvalue weighted by molar-refractivity contribution is 5.87. The number of carbonyl (C=O) groups is 2. The van der Waals surface area contributed by atoms with Gasteiger partial charge in [-0.3, -0.25) is 4.79 Å². The molecule has 0 saturated heterocycles. The zero-order valence-electron chi connectivity index (χ0n) is 17.9. The maximum absolute atomic E-state index is 12.5. The Morgan fingerprint density at radius 1 is 1.03 bits per heavy atom. The molecule has 0 bridgehead atoms. The zero-order chi connectivity index (χ0) is 22.5. The first-order valence-electron chi connectivity index (χ1n) is 9.88. The van der Waals surface area contributed by atoms with Crippen LogP contribution in [0, 0.1) is 13.8 Å². The standard InChI is InChI=1S/C24H24O7/c1-5-29-24(27)22(16-9-7-6-8-10-16)30-19-12-11-17-14(2)18(13-20(25)28-4)23(26)31-21(17)15(19)3/h6-12,22H,5,13H2,1-4H3/t22-/m1/s1. The van der Waals surface area contributed by atoms with Crippen LogP contribution in [0.2, 0.25) is 0 Å². The molecule has 7 nitrogen and oxygen atoms in total. The molecule has 0 radical (unpaired) electrons. The Morgan fingerprint density at radius 2 is 1.74 bits per heavy atom. The van der Waals surface area contributed by atoms with Crippen molar-refractivity contribution in [2.75, 3.05) is 13.7 Å². The van der Waals surface area contributed by atoms with Gasteiger partial charge in [-0.05, 0) is 38.5 Å². The molecule has 7 heteroatoms. The fourth-order valence-electron chi connectivity index (χ4n) is 3.34. The second kappa shape index (κ2) is 9.47. The molecule has 0 aliphatic heterocycles. The third-order valence-corrected chi connectivity index (χ3v) is 5.05. The van der Waals surface area contributed by atoms with E-state index in [1.165, 1.54) is 7.11 Å². The number of hydrogen-bond donors (Lipinski definition) is 0. The van der Waals surface area contributed by atoms with Gasteiger partial charge >= 0.3 is 17.6 Å². The lowest BCUT2D eigenvalue weighted by molar-refractivity contribution is -0.151. The minimum Gasteiger partial charge on any atom is -0.474 e. The molecule has 3 rings (SSSR count). The fourth-order valence-corrected chi connectivity index (χ4v) is 3.34. The molecule has 0 spiro atoms. The number of esters is 2. The topological polar surface area (TPSA) is 92.0 Å². The van der Waals surface area contributed by atoms with Crippen LogP contribution in [0.5, 0.6) is 5.75 Å². The molecule has 0 fully saturated rings. The highest BCUT2D eigenvalue weighted by Gasteiger charge is 2.26. The van der Waals surface area contributed by atoms with E-state index in [-0.39, 0.29) is 18.6 Å². The molecular formula is C24H24O7. The molecule has 1 atom stereocenters. The van der Waals surface area contributed by atoms with Crippen molar-refractivity contribution < 1.29 is 28.2 Å². The quantitative estimate of drug-likeness (QED) is 0.421. The minimum atomic E-state index is -0.969. The van der Waals surface area contributed by atoms with Gasteiger partial charge in [-0.1, -0.05) is 30.3 Å². The van der Waals surface area contributed by atoms with Crippen molar-refractivity contribution in [2.24, 2.45) is 0 Å². The van der Waals surface area contributed by atoms with Gasteiger partial charge < -0.3 is 18.6 Å². The number of rotatable bonds is 7. The van der Waals surface area contributed by atoms with Crippen LogP contribution in [-0.4, -0.2) is 25.7 Å². The summed E-state index contributed by atoms with van der Waals surface area (Å²) in [6.07, 6.45) is -1.14. The molecule has 1 aromatic heterocycles. The summed E-state index contributed by atoms with van der Waals surface area (Å²) >= 11 is 0. The Kier molecular flexibility index (Phi) is 6.74. The summed E-state index contributed by atoms with van der Waals surface area (Å²) in [5, 5.41) is 0.677. The fraction of sp³-hybridized carbons (Fsp3) is 0.292. The van der Waals surface area contributed by atoms with Crippen molar-refractivity contribution in [1.29, 1.82) is 0 Å². The van der Waals surface area contributed by atoms with Crippen molar-refractivity contribution in [3.63, 3.8) is 0 Å². The van der Waals surface area contributed by atoms with E-state index in [9.17, 15) is 14.4 Å². The highest BCUT2D eigenvalue weighted by atomic mass is 16.6. The lowest BCUT2D eigenvalue weighted by Crippen LogP contribution is -2.22. The molecule has 162 valence electrons. The van der Waals surface area contributed by atoms with Crippen LogP contribution >= 0.6 is 0 Å². The monoisotopic (exact) mass is 424 g/mol. The number of methoxy groups -OCH3 is 1. The first-order valence-corrected chi connectivity index (χ1v) is 9.88. The van der Waals surface area contributed by atoms with E-state index in [2.05, 4.69) is 4.74 Å². The van der Waals surface area contributed by atoms with E-state index in [1.54, 1.807) is 45.0 Å². The average Bonchev–Trinajstić information content (AvgIpc) is 2.77. The van der Waals surface area contributed by atoms with Crippen molar-refractivity contribution in [3.05, 3.63) is 75.1 Å².